The third kappa shape index (κ3) is 8.85. The van der Waals surface area contributed by atoms with E-state index in [-0.39, 0.29) is 11.4 Å². The van der Waals surface area contributed by atoms with Crippen LogP contribution in [0.25, 0.3) is 11.3 Å². The number of rotatable bonds is 15. The first-order valence-corrected chi connectivity index (χ1v) is 13.5. The van der Waals surface area contributed by atoms with Crippen LogP contribution in [0.1, 0.15) is 99.7 Å². The summed E-state index contributed by atoms with van der Waals surface area (Å²) in [5.74, 6) is -1.35. The Kier molecular flexibility index (Phi) is 11.6. The fourth-order valence-electron chi connectivity index (χ4n) is 4.22. The molecule has 5 heteroatoms. The van der Waals surface area contributed by atoms with Crippen LogP contribution in [0.4, 0.5) is 4.39 Å². The predicted molar refractivity (Wildman–Crippen MR) is 144 cm³/mol. The van der Waals surface area contributed by atoms with Crippen molar-refractivity contribution >= 4 is 5.97 Å². The summed E-state index contributed by atoms with van der Waals surface area (Å²) < 4.78 is 19.8. The highest BCUT2D eigenvalue weighted by atomic mass is 19.1. The summed E-state index contributed by atoms with van der Waals surface area (Å²) >= 11 is 0. The Balaban J connectivity index is 1.50. The molecule has 192 valence electrons. The smallest absolute Gasteiger partial charge is 0.364 e. The highest BCUT2D eigenvalue weighted by Gasteiger charge is 2.15. The molecule has 0 unspecified atom stereocenters. The van der Waals surface area contributed by atoms with Crippen molar-refractivity contribution < 1.29 is 13.9 Å². The van der Waals surface area contributed by atoms with Crippen LogP contribution >= 0.6 is 0 Å². The van der Waals surface area contributed by atoms with Crippen molar-refractivity contribution in [2.45, 2.75) is 90.9 Å². The summed E-state index contributed by atoms with van der Waals surface area (Å²) in [7, 11) is 0. The maximum absolute atomic E-state index is 14.5. The van der Waals surface area contributed by atoms with E-state index in [0.29, 0.717) is 5.69 Å². The second kappa shape index (κ2) is 15.1. The zero-order chi connectivity index (χ0) is 25.6. The van der Waals surface area contributed by atoms with Crippen LogP contribution < -0.4 is 4.74 Å². The van der Waals surface area contributed by atoms with Crippen LogP contribution in [-0.4, -0.2) is 15.9 Å². The average molecular weight is 491 g/mol. The quantitative estimate of drug-likeness (QED) is 0.122. The molecule has 3 aromatic rings. The van der Waals surface area contributed by atoms with Crippen molar-refractivity contribution in [3.05, 3.63) is 77.5 Å². The molecule has 0 saturated carbocycles. The summed E-state index contributed by atoms with van der Waals surface area (Å²) in [4.78, 5) is 21.1. The third-order valence-electron chi connectivity index (χ3n) is 6.45. The minimum Gasteiger partial charge on any atom is -0.419 e. The van der Waals surface area contributed by atoms with E-state index in [1.165, 1.54) is 75.3 Å². The Hall–Kier alpha value is -3.08. The van der Waals surface area contributed by atoms with Gasteiger partial charge in [0, 0.05) is 5.56 Å². The van der Waals surface area contributed by atoms with Crippen LogP contribution in [0.2, 0.25) is 0 Å². The predicted octanol–water partition coefficient (Wildman–Crippen LogP) is 8.53. The van der Waals surface area contributed by atoms with Gasteiger partial charge in [0.25, 0.3) is 0 Å². The van der Waals surface area contributed by atoms with Gasteiger partial charge in [-0.25, -0.2) is 14.2 Å². The first kappa shape index (κ1) is 27.5. The van der Waals surface area contributed by atoms with E-state index < -0.39 is 11.8 Å². The number of carbonyl (C=O) groups excluding carboxylic acids is 1. The zero-order valence-electron chi connectivity index (χ0n) is 21.8. The molecule has 0 spiro atoms. The van der Waals surface area contributed by atoms with Crippen molar-refractivity contribution in [2.24, 2.45) is 0 Å². The Morgan fingerprint density at radius 1 is 0.750 bits per heavy atom. The summed E-state index contributed by atoms with van der Waals surface area (Å²) in [5.41, 5.74) is 3.87. The van der Waals surface area contributed by atoms with E-state index in [9.17, 15) is 9.18 Å². The molecule has 3 rings (SSSR count). The molecular weight excluding hydrogens is 451 g/mol. The number of hydrogen-bond acceptors (Lipinski definition) is 4. The average Bonchev–Trinajstić information content (AvgIpc) is 2.90. The fourth-order valence-corrected chi connectivity index (χ4v) is 4.22. The molecule has 1 aromatic heterocycles. The van der Waals surface area contributed by atoms with E-state index in [0.717, 1.165) is 36.8 Å². The highest BCUT2D eigenvalue weighted by molar-refractivity contribution is 5.88. The fraction of sp³-hybridized carbons (Fsp3) is 0.452. The van der Waals surface area contributed by atoms with Gasteiger partial charge in [-0.05, 0) is 48.9 Å². The van der Waals surface area contributed by atoms with E-state index in [2.05, 4.69) is 35.9 Å². The first-order valence-electron chi connectivity index (χ1n) is 13.5. The van der Waals surface area contributed by atoms with Crippen LogP contribution in [-0.2, 0) is 12.8 Å². The van der Waals surface area contributed by atoms with Crippen LogP contribution in [0.5, 0.6) is 5.75 Å². The van der Waals surface area contributed by atoms with E-state index >= 15 is 0 Å². The lowest BCUT2D eigenvalue weighted by Gasteiger charge is -2.08. The SMILES string of the molecule is CCCCCCCCCc1ccc(OC(=O)c2cnc(-c3ccc(CCCCC)cc3)cn2)c(F)c1. The van der Waals surface area contributed by atoms with Gasteiger partial charge in [-0.1, -0.05) is 95.5 Å². The number of nitrogens with zero attached hydrogens (tertiary/aromatic N) is 2. The maximum atomic E-state index is 14.5. The summed E-state index contributed by atoms with van der Waals surface area (Å²) in [6.45, 7) is 4.42. The number of carbonyl (C=O) groups is 1. The number of aromatic nitrogens is 2. The molecule has 0 aliphatic heterocycles. The minimum atomic E-state index is -0.723. The molecule has 0 saturated heterocycles. The molecule has 2 aromatic carbocycles. The summed E-state index contributed by atoms with van der Waals surface area (Å²) in [6.07, 6.45) is 17.0. The Morgan fingerprint density at radius 3 is 2.03 bits per heavy atom. The number of halogens is 1. The van der Waals surface area contributed by atoms with Gasteiger partial charge in [-0.2, -0.15) is 0 Å². The van der Waals surface area contributed by atoms with Crippen molar-refractivity contribution in [3.63, 3.8) is 0 Å². The minimum absolute atomic E-state index is 0.0430. The van der Waals surface area contributed by atoms with Gasteiger partial charge in [0.2, 0.25) is 0 Å². The standard InChI is InChI=1S/C31H39FN2O2/c1-3-5-7-8-9-10-12-14-25-17-20-30(27(32)21-25)36-31(35)29-23-33-28(22-34-29)26-18-15-24(16-19-26)13-11-6-4-2/h15-23H,3-14H2,1-2H3. The van der Waals surface area contributed by atoms with Crippen molar-refractivity contribution in [1.29, 1.82) is 0 Å². The molecule has 0 atom stereocenters. The van der Waals surface area contributed by atoms with Gasteiger partial charge < -0.3 is 4.74 Å². The molecule has 0 radical (unpaired) electrons. The number of esters is 1. The Labute approximate surface area is 215 Å². The molecule has 0 aliphatic rings. The molecular formula is C31H39FN2O2. The number of unbranched alkanes of at least 4 members (excludes halogenated alkanes) is 8. The molecule has 0 N–H and O–H groups in total. The molecule has 0 bridgehead atoms. The van der Waals surface area contributed by atoms with Crippen LogP contribution in [0.3, 0.4) is 0 Å². The number of benzene rings is 2. The lowest BCUT2D eigenvalue weighted by Crippen LogP contribution is -2.12. The monoisotopic (exact) mass is 490 g/mol. The summed E-state index contributed by atoms with van der Waals surface area (Å²) in [6, 6.07) is 13.1. The number of aryl methyl sites for hydroxylation is 2. The van der Waals surface area contributed by atoms with Gasteiger partial charge in [0.1, 0.15) is 0 Å². The molecule has 0 aliphatic carbocycles. The normalized spacial score (nSPS) is 11.0. The van der Waals surface area contributed by atoms with Gasteiger partial charge in [-0.3, -0.25) is 4.98 Å². The van der Waals surface area contributed by atoms with E-state index in [4.69, 9.17) is 4.74 Å². The molecule has 0 amide bonds. The van der Waals surface area contributed by atoms with Crippen molar-refractivity contribution in [2.75, 3.05) is 0 Å². The topological polar surface area (TPSA) is 52.1 Å². The van der Waals surface area contributed by atoms with Crippen LogP contribution in [0.15, 0.2) is 54.9 Å². The first-order chi connectivity index (χ1) is 17.6. The second-order valence-electron chi connectivity index (χ2n) is 9.47. The van der Waals surface area contributed by atoms with Gasteiger partial charge in [0.15, 0.2) is 17.3 Å². The largest absolute Gasteiger partial charge is 0.419 e. The zero-order valence-corrected chi connectivity index (χ0v) is 21.8. The molecule has 36 heavy (non-hydrogen) atoms. The maximum Gasteiger partial charge on any atom is 0.364 e. The Morgan fingerprint density at radius 2 is 1.36 bits per heavy atom. The van der Waals surface area contributed by atoms with Crippen molar-refractivity contribution in [3.8, 4) is 17.0 Å². The molecule has 0 fully saturated rings. The Bertz CT molecular complexity index is 1060. The number of ether oxygens (including phenoxy) is 1. The molecule has 4 nitrogen and oxygen atoms in total. The summed E-state index contributed by atoms with van der Waals surface area (Å²) in [5, 5.41) is 0. The van der Waals surface area contributed by atoms with Gasteiger partial charge in [0.05, 0.1) is 18.1 Å². The van der Waals surface area contributed by atoms with Gasteiger partial charge in [-0.15, -0.1) is 0 Å². The van der Waals surface area contributed by atoms with Crippen LogP contribution in [0, 0.1) is 5.82 Å². The second-order valence-corrected chi connectivity index (χ2v) is 9.47. The highest BCUT2D eigenvalue weighted by Crippen LogP contribution is 2.22. The van der Waals surface area contributed by atoms with E-state index in [1.54, 1.807) is 6.20 Å². The van der Waals surface area contributed by atoms with E-state index in [1.807, 2.05) is 18.2 Å². The van der Waals surface area contributed by atoms with Crippen molar-refractivity contribution in [1.82, 2.24) is 9.97 Å². The van der Waals surface area contributed by atoms with Gasteiger partial charge >= 0.3 is 5.97 Å². The molecule has 1 heterocycles. The lowest BCUT2D eigenvalue weighted by atomic mass is 10.0. The number of hydrogen-bond donors (Lipinski definition) is 0. The third-order valence-corrected chi connectivity index (χ3v) is 6.45. The lowest BCUT2D eigenvalue weighted by molar-refractivity contribution is 0.0721.